The lowest BCUT2D eigenvalue weighted by atomic mass is 9.96. The maximum absolute atomic E-state index is 11.1. The number of aliphatic carboxylic acids is 1. The second-order valence-electron chi connectivity index (χ2n) is 8.69. The Kier molecular flexibility index (Phi) is 9.44. The van der Waals surface area contributed by atoms with Crippen molar-refractivity contribution in [1.82, 2.24) is 4.90 Å². The molecule has 1 unspecified atom stereocenters. The van der Waals surface area contributed by atoms with Crippen molar-refractivity contribution in [3.05, 3.63) is 87.2 Å². The number of thioether (sulfide) groups is 1. The van der Waals surface area contributed by atoms with Gasteiger partial charge in [-0.25, -0.2) is 0 Å². The van der Waals surface area contributed by atoms with E-state index in [0.717, 1.165) is 47.8 Å². The van der Waals surface area contributed by atoms with Crippen LogP contribution in [0.2, 0.25) is 0 Å². The number of carboxylic acids is 1. The van der Waals surface area contributed by atoms with Crippen molar-refractivity contribution in [2.75, 3.05) is 13.1 Å². The molecule has 1 aliphatic heterocycles. The zero-order valence-corrected chi connectivity index (χ0v) is 21.1. The molecule has 34 heavy (non-hydrogen) atoms. The van der Waals surface area contributed by atoms with Gasteiger partial charge in [0.15, 0.2) is 0 Å². The summed E-state index contributed by atoms with van der Waals surface area (Å²) >= 11 is 1.80. The highest BCUT2D eigenvalue weighted by atomic mass is 32.2. The Morgan fingerprint density at radius 1 is 1.24 bits per heavy atom. The third-order valence-corrected chi connectivity index (χ3v) is 6.80. The number of carbonyl (C=O) groups is 1. The van der Waals surface area contributed by atoms with Crippen LogP contribution in [0.15, 0.2) is 70.5 Å². The van der Waals surface area contributed by atoms with Gasteiger partial charge in [-0.2, -0.15) is 0 Å². The summed E-state index contributed by atoms with van der Waals surface area (Å²) in [5.41, 5.74) is 4.78. The Bertz CT molecular complexity index is 1110. The van der Waals surface area contributed by atoms with Gasteiger partial charge >= 0.3 is 5.97 Å². The summed E-state index contributed by atoms with van der Waals surface area (Å²) < 4.78 is 6.00. The molecule has 0 amide bonds. The molecule has 4 nitrogen and oxygen atoms in total. The van der Waals surface area contributed by atoms with Crippen molar-refractivity contribution < 1.29 is 14.6 Å². The first-order valence-electron chi connectivity index (χ1n) is 11.5. The summed E-state index contributed by atoms with van der Waals surface area (Å²) in [6.07, 6.45) is 1.10. The van der Waals surface area contributed by atoms with Crippen molar-refractivity contribution in [3.8, 4) is 17.6 Å². The Morgan fingerprint density at radius 2 is 1.97 bits per heavy atom. The van der Waals surface area contributed by atoms with E-state index in [1.807, 2.05) is 24.3 Å². The lowest BCUT2D eigenvalue weighted by Crippen LogP contribution is -2.30. The van der Waals surface area contributed by atoms with Gasteiger partial charge in [0.1, 0.15) is 12.4 Å². The number of hydrogen-bond donors (Lipinski definition) is 1. The molecular weight excluding hydrogens is 442 g/mol. The summed E-state index contributed by atoms with van der Waals surface area (Å²) in [5.74, 6) is 5.40. The Morgan fingerprint density at radius 3 is 2.65 bits per heavy atom. The fourth-order valence-corrected chi connectivity index (χ4v) is 4.93. The molecule has 178 valence electrons. The van der Waals surface area contributed by atoms with Crippen molar-refractivity contribution in [1.29, 1.82) is 0 Å². The molecule has 0 saturated carbocycles. The summed E-state index contributed by atoms with van der Waals surface area (Å²) in [6.45, 7) is 13.5. The highest BCUT2D eigenvalue weighted by Gasteiger charge is 2.17. The third kappa shape index (κ3) is 7.83. The van der Waals surface area contributed by atoms with Crippen molar-refractivity contribution in [2.45, 2.75) is 52.7 Å². The predicted molar refractivity (Wildman–Crippen MR) is 141 cm³/mol. The Balaban J connectivity index is 1.58. The van der Waals surface area contributed by atoms with Crippen LogP contribution < -0.4 is 4.74 Å². The van der Waals surface area contributed by atoms with Crippen molar-refractivity contribution >= 4 is 17.7 Å². The van der Waals surface area contributed by atoms with Gasteiger partial charge in [-0.1, -0.05) is 66.2 Å². The highest BCUT2D eigenvalue weighted by Crippen LogP contribution is 2.32. The SMILES string of the molecule is C=C(C)SC1=C(C)CCN(Cc2cccc(COc3ccc(C(C#CC)CC(=O)O)cc3)c2)C1. The first-order chi connectivity index (χ1) is 16.3. The number of benzene rings is 2. The summed E-state index contributed by atoms with van der Waals surface area (Å²) in [4.78, 5) is 16.2. The van der Waals surface area contributed by atoms with Gasteiger partial charge in [0.2, 0.25) is 0 Å². The van der Waals surface area contributed by atoms with E-state index in [1.165, 1.54) is 16.0 Å². The molecule has 1 heterocycles. The van der Waals surface area contributed by atoms with E-state index in [2.05, 4.69) is 61.4 Å². The minimum Gasteiger partial charge on any atom is -0.489 e. The minimum atomic E-state index is -0.852. The van der Waals surface area contributed by atoms with Crippen LogP contribution in [0.5, 0.6) is 5.75 Å². The smallest absolute Gasteiger partial charge is 0.304 e. The van der Waals surface area contributed by atoms with E-state index in [1.54, 1.807) is 18.7 Å². The summed E-state index contributed by atoms with van der Waals surface area (Å²) in [7, 11) is 0. The van der Waals surface area contributed by atoms with Gasteiger partial charge in [-0.05, 0) is 60.9 Å². The number of rotatable bonds is 10. The van der Waals surface area contributed by atoms with Crippen LogP contribution in [-0.4, -0.2) is 29.1 Å². The topological polar surface area (TPSA) is 49.8 Å². The molecule has 1 aliphatic rings. The van der Waals surface area contributed by atoms with E-state index < -0.39 is 5.97 Å². The number of allylic oxidation sites excluding steroid dienone is 1. The van der Waals surface area contributed by atoms with Crippen LogP contribution in [0, 0.1) is 11.8 Å². The van der Waals surface area contributed by atoms with Crippen LogP contribution in [0.1, 0.15) is 56.2 Å². The van der Waals surface area contributed by atoms with Crippen LogP contribution in [0.4, 0.5) is 0 Å². The van der Waals surface area contributed by atoms with Gasteiger partial charge in [-0.3, -0.25) is 9.69 Å². The molecule has 0 fully saturated rings. The maximum Gasteiger partial charge on any atom is 0.304 e. The molecule has 2 aromatic carbocycles. The molecule has 0 radical (unpaired) electrons. The molecule has 2 aromatic rings. The number of hydrogen-bond acceptors (Lipinski definition) is 4. The second-order valence-corrected chi connectivity index (χ2v) is 10.1. The fourth-order valence-electron chi connectivity index (χ4n) is 3.99. The molecule has 1 atom stereocenters. The maximum atomic E-state index is 11.1. The van der Waals surface area contributed by atoms with Crippen LogP contribution in [-0.2, 0) is 17.9 Å². The molecule has 0 aliphatic carbocycles. The van der Waals surface area contributed by atoms with Crippen LogP contribution in [0.3, 0.4) is 0 Å². The van der Waals surface area contributed by atoms with E-state index in [0.29, 0.717) is 6.61 Å². The number of carboxylic acid groups (broad SMARTS) is 1. The zero-order valence-electron chi connectivity index (χ0n) is 20.3. The molecule has 0 spiro atoms. The highest BCUT2D eigenvalue weighted by molar-refractivity contribution is 8.06. The van der Waals surface area contributed by atoms with Crippen LogP contribution >= 0.6 is 11.8 Å². The predicted octanol–water partition coefficient (Wildman–Crippen LogP) is 6.59. The quantitative estimate of drug-likeness (QED) is 0.393. The van der Waals surface area contributed by atoms with E-state index in [4.69, 9.17) is 9.84 Å². The second kappa shape index (κ2) is 12.5. The monoisotopic (exact) mass is 475 g/mol. The molecular formula is C29H33NO3S. The molecule has 0 aromatic heterocycles. The Labute approximate surface area is 207 Å². The van der Waals surface area contributed by atoms with Gasteiger partial charge < -0.3 is 9.84 Å². The molecule has 3 rings (SSSR count). The molecule has 0 bridgehead atoms. The minimum absolute atomic E-state index is 0.00636. The fraction of sp³-hybridized carbons (Fsp3) is 0.345. The van der Waals surface area contributed by atoms with Crippen LogP contribution in [0.25, 0.3) is 0 Å². The van der Waals surface area contributed by atoms with Gasteiger partial charge in [0, 0.05) is 24.5 Å². The summed E-state index contributed by atoms with van der Waals surface area (Å²) in [6, 6.07) is 16.1. The Hall–Kier alpha value is -2.94. The average Bonchev–Trinajstić information content (AvgIpc) is 2.80. The lowest BCUT2D eigenvalue weighted by molar-refractivity contribution is -0.137. The lowest BCUT2D eigenvalue weighted by Gasteiger charge is -2.29. The van der Waals surface area contributed by atoms with E-state index >= 15 is 0 Å². The number of ether oxygens (including phenoxy) is 1. The first-order valence-corrected chi connectivity index (χ1v) is 12.3. The van der Waals surface area contributed by atoms with Crippen molar-refractivity contribution in [3.63, 3.8) is 0 Å². The number of nitrogens with zero attached hydrogens (tertiary/aromatic N) is 1. The zero-order chi connectivity index (χ0) is 24.5. The largest absolute Gasteiger partial charge is 0.489 e. The standard InChI is InChI=1S/C29H33NO3S/c1-5-7-26(17-29(31)32)25-10-12-27(13-11-25)33-20-24-9-6-8-23(16-24)18-30-15-14-22(4)28(19-30)34-21(2)3/h6,8-13,16,26H,2,14-15,17-20H2,1,3-4H3,(H,31,32). The van der Waals surface area contributed by atoms with Gasteiger partial charge in [-0.15, -0.1) is 5.92 Å². The molecule has 1 N–H and O–H groups in total. The molecule has 5 heteroatoms. The first kappa shape index (κ1) is 25.7. The normalized spacial score (nSPS) is 14.8. The third-order valence-electron chi connectivity index (χ3n) is 5.73. The van der Waals surface area contributed by atoms with Gasteiger partial charge in [0.05, 0.1) is 12.3 Å². The average molecular weight is 476 g/mol. The van der Waals surface area contributed by atoms with Gasteiger partial charge in [0.25, 0.3) is 0 Å². The van der Waals surface area contributed by atoms with E-state index in [-0.39, 0.29) is 12.3 Å². The van der Waals surface area contributed by atoms with Crippen molar-refractivity contribution in [2.24, 2.45) is 0 Å². The molecule has 0 saturated heterocycles. The van der Waals surface area contributed by atoms with E-state index in [9.17, 15) is 4.79 Å². The summed E-state index contributed by atoms with van der Waals surface area (Å²) in [5, 5.41) is 9.12.